The monoisotopic (exact) mass is 239 g/mol. The SMILES string of the molecule is CC(C(=O)NCC1(O)CCCC1)C1CCCC1. The highest BCUT2D eigenvalue weighted by Gasteiger charge is 2.33. The molecule has 0 radical (unpaired) electrons. The molecule has 2 saturated carbocycles. The van der Waals surface area contributed by atoms with E-state index in [9.17, 15) is 9.90 Å². The van der Waals surface area contributed by atoms with Gasteiger partial charge >= 0.3 is 0 Å². The number of rotatable bonds is 4. The zero-order chi connectivity index (χ0) is 12.3. The van der Waals surface area contributed by atoms with Gasteiger partial charge in [-0.1, -0.05) is 32.6 Å². The minimum Gasteiger partial charge on any atom is -0.388 e. The molecule has 0 bridgehead atoms. The molecule has 2 fully saturated rings. The fraction of sp³-hybridized carbons (Fsp3) is 0.929. The molecule has 0 aromatic carbocycles. The largest absolute Gasteiger partial charge is 0.388 e. The van der Waals surface area contributed by atoms with Crippen LogP contribution in [0.4, 0.5) is 0 Å². The molecular weight excluding hydrogens is 214 g/mol. The van der Waals surface area contributed by atoms with Crippen molar-refractivity contribution >= 4 is 5.91 Å². The highest BCUT2D eigenvalue weighted by molar-refractivity contribution is 5.78. The summed E-state index contributed by atoms with van der Waals surface area (Å²) in [6, 6.07) is 0. The number of hydrogen-bond donors (Lipinski definition) is 2. The van der Waals surface area contributed by atoms with Crippen LogP contribution in [0.2, 0.25) is 0 Å². The van der Waals surface area contributed by atoms with E-state index in [1.807, 2.05) is 6.92 Å². The summed E-state index contributed by atoms with van der Waals surface area (Å²) in [5.41, 5.74) is -0.620. The van der Waals surface area contributed by atoms with Gasteiger partial charge in [-0.15, -0.1) is 0 Å². The van der Waals surface area contributed by atoms with Crippen LogP contribution < -0.4 is 5.32 Å². The molecule has 1 atom stereocenters. The maximum atomic E-state index is 12.0. The van der Waals surface area contributed by atoms with Crippen molar-refractivity contribution in [1.29, 1.82) is 0 Å². The van der Waals surface area contributed by atoms with Crippen molar-refractivity contribution in [3.63, 3.8) is 0 Å². The first-order valence-corrected chi connectivity index (χ1v) is 7.11. The third-order valence-electron chi connectivity index (χ3n) is 4.65. The van der Waals surface area contributed by atoms with Crippen molar-refractivity contribution in [2.75, 3.05) is 6.54 Å². The van der Waals surface area contributed by atoms with Crippen molar-refractivity contribution in [3.05, 3.63) is 0 Å². The number of carbonyl (C=O) groups excluding carboxylic acids is 1. The van der Waals surface area contributed by atoms with E-state index in [4.69, 9.17) is 0 Å². The van der Waals surface area contributed by atoms with Crippen LogP contribution in [0.25, 0.3) is 0 Å². The quantitative estimate of drug-likeness (QED) is 0.790. The fourth-order valence-corrected chi connectivity index (χ4v) is 3.29. The Bertz CT molecular complexity index is 265. The van der Waals surface area contributed by atoms with Gasteiger partial charge in [0, 0.05) is 12.5 Å². The van der Waals surface area contributed by atoms with E-state index in [1.165, 1.54) is 25.7 Å². The zero-order valence-electron chi connectivity index (χ0n) is 10.9. The maximum absolute atomic E-state index is 12.0. The van der Waals surface area contributed by atoms with Gasteiger partial charge in [0.05, 0.1) is 5.60 Å². The lowest BCUT2D eigenvalue weighted by atomic mass is 9.91. The van der Waals surface area contributed by atoms with Gasteiger partial charge in [-0.3, -0.25) is 4.79 Å². The van der Waals surface area contributed by atoms with Crippen LogP contribution in [-0.2, 0) is 4.79 Å². The molecular formula is C14H25NO2. The Morgan fingerprint density at radius 1 is 1.29 bits per heavy atom. The fourth-order valence-electron chi connectivity index (χ4n) is 3.29. The molecule has 2 aliphatic carbocycles. The normalized spacial score (nSPS) is 26.0. The van der Waals surface area contributed by atoms with Crippen LogP contribution in [0, 0.1) is 11.8 Å². The first-order valence-electron chi connectivity index (χ1n) is 7.11. The molecule has 3 nitrogen and oxygen atoms in total. The molecule has 0 aromatic heterocycles. The van der Waals surface area contributed by atoms with Gasteiger partial charge in [0.15, 0.2) is 0 Å². The van der Waals surface area contributed by atoms with E-state index in [1.54, 1.807) is 0 Å². The van der Waals surface area contributed by atoms with Gasteiger partial charge in [-0.05, 0) is 31.6 Å². The van der Waals surface area contributed by atoms with Crippen LogP contribution in [0.15, 0.2) is 0 Å². The molecule has 2 aliphatic rings. The predicted molar refractivity (Wildman–Crippen MR) is 67.5 cm³/mol. The second kappa shape index (κ2) is 5.38. The van der Waals surface area contributed by atoms with Crippen LogP contribution in [0.5, 0.6) is 0 Å². The molecule has 98 valence electrons. The molecule has 0 saturated heterocycles. The van der Waals surface area contributed by atoms with E-state index in [-0.39, 0.29) is 11.8 Å². The van der Waals surface area contributed by atoms with E-state index in [0.29, 0.717) is 12.5 Å². The van der Waals surface area contributed by atoms with Crippen LogP contribution in [0.1, 0.15) is 58.3 Å². The summed E-state index contributed by atoms with van der Waals surface area (Å²) in [7, 11) is 0. The second-order valence-corrected chi connectivity index (χ2v) is 5.98. The summed E-state index contributed by atoms with van der Waals surface area (Å²) >= 11 is 0. The van der Waals surface area contributed by atoms with Crippen molar-refractivity contribution in [3.8, 4) is 0 Å². The number of aliphatic hydroxyl groups is 1. The van der Waals surface area contributed by atoms with Crippen molar-refractivity contribution in [1.82, 2.24) is 5.32 Å². The zero-order valence-corrected chi connectivity index (χ0v) is 10.9. The van der Waals surface area contributed by atoms with Crippen molar-refractivity contribution in [2.24, 2.45) is 11.8 Å². The van der Waals surface area contributed by atoms with Gasteiger partial charge < -0.3 is 10.4 Å². The van der Waals surface area contributed by atoms with Crippen molar-refractivity contribution < 1.29 is 9.90 Å². The van der Waals surface area contributed by atoms with Gasteiger partial charge in [0.2, 0.25) is 5.91 Å². The van der Waals surface area contributed by atoms with Gasteiger partial charge in [-0.25, -0.2) is 0 Å². The molecule has 1 amide bonds. The highest BCUT2D eigenvalue weighted by atomic mass is 16.3. The van der Waals surface area contributed by atoms with E-state index >= 15 is 0 Å². The summed E-state index contributed by atoms with van der Waals surface area (Å²) in [5, 5.41) is 13.1. The number of carbonyl (C=O) groups is 1. The van der Waals surface area contributed by atoms with E-state index < -0.39 is 5.60 Å². The minimum atomic E-state index is -0.620. The summed E-state index contributed by atoms with van der Waals surface area (Å²) in [4.78, 5) is 12.0. The van der Waals surface area contributed by atoms with Crippen LogP contribution in [-0.4, -0.2) is 23.2 Å². The third kappa shape index (κ3) is 3.21. The minimum absolute atomic E-state index is 0.113. The molecule has 3 heteroatoms. The lowest BCUT2D eigenvalue weighted by Crippen LogP contribution is -2.43. The van der Waals surface area contributed by atoms with E-state index in [2.05, 4.69) is 5.32 Å². The van der Waals surface area contributed by atoms with Gasteiger partial charge in [0.1, 0.15) is 0 Å². The number of nitrogens with one attached hydrogen (secondary N) is 1. The molecule has 0 aromatic rings. The summed E-state index contributed by atoms with van der Waals surface area (Å²) in [5.74, 6) is 0.813. The summed E-state index contributed by atoms with van der Waals surface area (Å²) in [6.07, 6.45) is 8.78. The lowest BCUT2D eigenvalue weighted by Gasteiger charge is -2.25. The molecule has 2 N–H and O–H groups in total. The number of hydrogen-bond acceptors (Lipinski definition) is 2. The molecule has 0 heterocycles. The maximum Gasteiger partial charge on any atom is 0.223 e. The average molecular weight is 239 g/mol. The predicted octanol–water partition coefficient (Wildman–Crippen LogP) is 2.23. The molecule has 17 heavy (non-hydrogen) atoms. The Hall–Kier alpha value is -0.570. The Morgan fingerprint density at radius 3 is 2.47 bits per heavy atom. The topological polar surface area (TPSA) is 49.3 Å². The Kier molecular flexibility index (Phi) is 4.08. The van der Waals surface area contributed by atoms with Gasteiger partial charge in [-0.2, -0.15) is 0 Å². The molecule has 0 spiro atoms. The smallest absolute Gasteiger partial charge is 0.223 e. The van der Waals surface area contributed by atoms with Crippen LogP contribution in [0.3, 0.4) is 0 Å². The van der Waals surface area contributed by atoms with Crippen molar-refractivity contribution in [2.45, 2.75) is 63.9 Å². The molecule has 2 rings (SSSR count). The number of amides is 1. The van der Waals surface area contributed by atoms with E-state index in [0.717, 1.165) is 25.7 Å². The highest BCUT2D eigenvalue weighted by Crippen LogP contribution is 2.32. The third-order valence-corrected chi connectivity index (χ3v) is 4.65. The second-order valence-electron chi connectivity index (χ2n) is 5.98. The summed E-state index contributed by atoms with van der Waals surface area (Å²) < 4.78 is 0. The Labute approximate surface area is 104 Å². The van der Waals surface area contributed by atoms with Crippen LogP contribution >= 0.6 is 0 Å². The molecule has 1 unspecified atom stereocenters. The first-order chi connectivity index (χ1) is 8.11. The Morgan fingerprint density at radius 2 is 1.88 bits per heavy atom. The standard InChI is InChI=1S/C14H25NO2/c1-11(12-6-2-3-7-12)13(16)15-10-14(17)8-4-5-9-14/h11-12,17H,2-10H2,1H3,(H,15,16). The first kappa shape index (κ1) is 12.9. The lowest BCUT2D eigenvalue weighted by molar-refractivity contribution is -0.127. The van der Waals surface area contributed by atoms with Gasteiger partial charge in [0.25, 0.3) is 0 Å². The Balaban J connectivity index is 1.76. The molecule has 0 aliphatic heterocycles. The average Bonchev–Trinajstić information content (AvgIpc) is 2.96. The summed E-state index contributed by atoms with van der Waals surface area (Å²) in [6.45, 7) is 2.48.